The third-order valence-corrected chi connectivity index (χ3v) is 5.04. The quantitative estimate of drug-likeness (QED) is 0.461. The maximum Gasteiger partial charge on any atom is 0.293 e. The standard InChI is InChI=1S/C21H18Cl2N2O2S/c1-12(2)13-3-6-15(7-4-13)24-21(28)25-20(26)19-10-9-18(27-19)14-5-8-16(22)17(23)11-14/h3-12H,1-2H3,(H2,24,25,26,28). The highest BCUT2D eigenvalue weighted by Gasteiger charge is 2.14. The number of rotatable bonds is 4. The van der Waals surface area contributed by atoms with Crippen LogP contribution in [0.5, 0.6) is 0 Å². The lowest BCUT2D eigenvalue weighted by Crippen LogP contribution is -2.33. The summed E-state index contributed by atoms with van der Waals surface area (Å²) < 4.78 is 5.62. The van der Waals surface area contributed by atoms with Crippen molar-refractivity contribution in [2.24, 2.45) is 0 Å². The van der Waals surface area contributed by atoms with Gasteiger partial charge in [0.15, 0.2) is 10.9 Å². The average Bonchev–Trinajstić information content (AvgIpc) is 3.14. The van der Waals surface area contributed by atoms with E-state index >= 15 is 0 Å². The molecule has 2 aromatic carbocycles. The van der Waals surface area contributed by atoms with Crippen LogP contribution in [0.25, 0.3) is 11.3 Å². The summed E-state index contributed by atoms with van der Waals surface area (Å²) in [7, 11) is 0. The number of nitrogens with one attached hydrogen (secondary N) is 2. The van der Waals surface area contributed by atoms with Crippen LogP contribution in [0.15, 0.2) is 59.0 Å². The zero-order valence-electron chi connectivity index (χ0n) is 15.3. The van der Waals surface area contributed by atoms with Crippen LogP contribution < -0.4 is 10.6 Å². The Morgan fingerprint density at radius 2 is 1.71 bits per heavy atom. The maximum atomic E-state index is 12.4. The number of carbonyl (C=O) groups excluding carboxylic acids is 1. The Morgan fingerprint density at radius 1 is 1.00 bits per heavy atom. The first-order valence-electron chi connectivity index (χ1n) is 8.61. The summed E-state index contributed by atoms with van der Waals surface area (Å²) in [5.74, 6) is 0.652. The molecule has 0 fully saturated rings. The van der Waals surface area contributed by atoms with Crippen LogP contribution in [-0.4, -0.2) is 11.0 Å². The Labute approximate surface area is 178 Å². The summed E-state index contributed by atoms with van der Waals surface area (Å²) in [4.78, 5) is 12.4. The van der Waals surface area contributed by atoms with Crippen molar-refractivity contribution in [3.05, 3.63) is 76.0 Å². The number of anilines is 1. The van der Waals surface area contributed by atoms with E-state index in [1.807, 2.05) is 24.3 Å². The van der Waals surface area contributed by atoms with E-state index in [4.69, 9.17) is 39.8 Å². The zero-order chi connectivity index (χ0) is 20.3. The topological polar surface area (TPSA) is 54.3 Å². The third-order valence-electron chi connectivity index (χ3n) is 4.10. The summed E-state index contributed by atoms with van der Waals surface area (Å²) in [5.41, 5.74) is 2.75. The van der Waals surface area contributed by atoms with E-state index in [1.54, 1.807) is 30.3 Å². The number of amides is 1. The van der Waals surface area contributed by atoms with Gasteiger partial charge in [0, 0.05) is 11.3 Å². The number of furan rings is 1. The molecule has 7 heteroatoms. The molecule has 2 N–H and O–H groups in total. The number of hydrogen-bond acceptors (Lipinski definition) is 3. The highest BCUT2D eigenvalue weighted by Crippen LogP contribution is 2.29. The van der Waals surface area contributed by atoms with Crippen LogP contribution in [-0.2, 0) is 0 Å². The van der Waals surface area contributed by atoms with Crippen molar-refractivity contribution < 1.29 is 9.21 Å². The van der Waals surface area contributed by atoms with Gasteiger partial charge in [0.2, 0.25) is 0 Å². The summed E-state index contributed by atoms with van der Waals surface area (Å²) in [6.45, 7) is 4.26. The van der Waals surface area contributed by atoms with E-state index in [0.29, 0.717) is 21.7 Å². The molecular weight excluding hydrogens is 415 g/mol. The van der Waals surface area contributed by atoms with Crippen molar-refractivity contribution in [3.63, 3.8) is 0 Å². The highest BCUT2D eigenvalue weighted by molar-refractivity contribution is 7.80. The minimum Gasteiger partial charge on any atom is -0.451 e. The lowest BCUT2D eigenvalue weighted by atomic mass is 10.0. The molecule has 1 amide bonds. The van der Waals surface area contributed by atoms with Crippen molar-refractivity contribution in [2.75, 3.05) is 5.32 Å². The molecule has 1 aromatic heterocycles. The molecule has 0 aliphatic rings. The molecule has 0 radical (unpaired) electrons. The highest BCUT2D eigenvalue weighted by atomic mass is 35.5. The van der Waals surface area contributed by atoms with E-state index in [0.717, 1.165) is 11.3 Å². The van der Waals surface area contributed by atoms with Crippen molar-refractivity contribution in [1.29, 1.82) is 0 Å². The molecule has 0 unspecified atom stereocenters. The molecule has 0 bridgehead atoms. The SMILES string of the molecule is CC(C)c1ccc(NC(=S)NC(=O)c2ccc(-c3ccc(Cl)c(Cl)c3)o2)cc1. The molecule has 144 valence electrons. The summed E-state index contributed by atoms with van der Waals surface area (Å²) in [6, 6.07) is 16.3. The van der Waals surface area contributed by atoms with Gasteiger partial charge in [-0.2, -0.15) is 0 Å². The minimum absolute atomic E-state index is 0.139. The van der Waals surface area contributed by atoms with E-state index in [2.05, 4.69) is 24.5 Å². The van der Waals surface area contributed by atoms with Gasteiger partial charge < -0.3 is 9.73 Å². The Kier molecular flexibility index (Phi) is 6.39. The summed E-state index contributed by atoms with van der Waals surface area (Å²) in [6.07, 6.45) is 0. The van der Waals surface area contributed by atoms with Crippen molar-refractivity contribution in [1.82, 2.24) is 5.32 Å². The first-order chi connectivity index (χ1) is 13.3. The Hall–Kier alpha value is -2.34. The molecule has 0 atom stereocenters. The number of benzene rings is 2. The zero-order valence-corrected chi connectivity index (χ0v) is 17.6. The predicted octanol–water partition coefficient (Wildman–Crippen LogP) is 6.50. The van der Waals surface area contributed by atoms with Crippen LogP contribution in [0.2, 0.25) is 10.0 Å². The van der Waals surface area contributed by atoms with Gasteiger partial charge in [0.05, 0.1) is 10.0 Å². The van der Waals surface area contributed by atoms with E-state index in [9.17, 15) is 4.79 Å². The number of halogens is 2. The van der Waals surface area contributed by atoms with Gasteiger partial charge in [-0.15, -0.1) is 0 Å². The largest absolute Gasteiger partial charge is 0.451 e. The molecule has 0 aliphatic carbocycles. The second-order valence-electron chi connectivity index (χ2n) is 6.48. The molecule has 3 rings (SSSR count). The first-order valence-corrected chi connectivity index (χ1v) is 9.77. The fourth-order valence-electron chi connectivity index (χ4n) is 2.54. The molecule has 0 saturated heterocycles. The monoisotopic (exact) mass is 432 g/mol. The number of carbonyl (C=O) groups is 1. The van der Waals surface area contributed by atoms with E-state index < -0.39 is 5.91 Å². The van der Waals surface area contributed by atoms with Crippen LogP contribution in [0.4, 0.5) is 5.69 Å². The second-order valence-corrected chi connectivity index (χ2v) is 7.70. The van der Waals surface area contributed by atoms with Crippen molar-refractivity contribution in [2.45, 2.75) is 19.8 Å². The molecular formula is C21H18Cl2N2O2S. The number of thiocarbonyl (C=S) groups is 1. The normalized spacial score (nSPS) is 10.8. The van der Waals surface area contributed by atoms with Crippen LogP contribution >= 0.6 is 35.4 Å². The molecule has 0 aliphatic heterocycles. The Bertz CT molecular complexity index is 1010. The molecule has 28 heavy (non-hydrogen) atoms. The fourth-order valence-corrected chi connectivity index (χ4v) is 3.05. The second kappa shape index (κ2) is 8.78. The number of hydrogen-bond donors (Lipinski definition) is 2. The molecule has 1 heterocycles. The maximum absolute atomic E-state index is 12.4. The predicted molar refractivity (Wildman–Crippen MR) is 118 cm³/mol. The molecule has 3 aromatic rings. The van der Waals surface area contributed by atoms with E-state index in [1.165, 1.54) is 5.56 Å². The average molecular weight is 433 g/mol. The van der Waals surface area contributed by atoms with Crippen molar-refractivity contribution >= 4 is 52.1 Å². The summed E-state index contributed by atoms with van der Waals surface area (Å²) in [5, 5.41) is 6.65. The minimum atomic E-state index is -0.442. The van der Waals surface area contributed by atoms with Crippen LogP contribution in [0, 0.1) is 0 Å². The Morgan fingerprint density at radius 3 is 2.36 bits per heavy atom. The Balaban J connectivity index is 1.63. The van der Waals surface area contributed by atoms with Gasteiger partial charge in [0.25, 0.3) is 5.91 Å². The smallest absolute Gasteiger partial charge is 0.293 e. The first kappa shape index (κ1) is 20.4. The third kappa shape index (κ3) is 4.93. The lowest BCUT2D eigenvalue weighted by molar-refractivity contribution is 0.0951. The van der Waals surface area contributed by atoms with Gasteiger partial charge in [-0.25, -0.2) is 0 Å². The molecule has 4 nitrogen and oxygen atoms in total. The molecule has 0 saturated carbocycles. The fraction of sp³-hybridized carbons (Fsp3) is 0.143. The van der Waals surface area contributed by atoms with Gasteiger partial charge in [0.1, 0.15) is 5.76 Å². The van der Waals surface area contributed by atoms with Gasteiger partial charge in [-0.1, -0.05) is 49.2 Å². The van der Waals surface area contributed by atoms with Crippen LogP contribution in [0.3, 0.4) is 0 Å². The van der Waals surface area contributed by atoms with Gasteiger partial charge in [-0.3, -0.25) is 10.1 Å². The lowest BCUT2D eigenvalue weighted by Gasteiger charge is -2.10. The van der Waals surface area contributed by atoms with Crippen molar-refractivity contribution in [3.8, 4) is 11.3 Å². The molecule has 0 spiro atoms. The van der Waals surface area contributed by atoms with Gasteiger partial charge >= 0.3 is 0 Å². The summed E-state index contributed by atoms with van der Waals surface area (Å²) >= 11 is 17.2. The van der Waals surface area contributed by atoms with Crippen LogP contribution in [0.1, 0.15) is 35.9 Å². The van der Waals surface area contributed by atoms with Gasteiger partial charge in [-0.05, 0) is 66.2 Å². The van der Waals surface area contributed by atoms with E-state index in [-0.39, 0.29) is 10.9 Å².